The predicted molar refractivity (Wildman–Crippen MR) is 122 cm³/mol. The number of nitrogens with zero attached hydrogens (tertiary/aromatic N) is 2. The minimum atomic E-state index is -0.266. The molecule has 0 radical (unpaired) electrons. The van der Waals surface area contributed by atoms with Crippen molar-refractivity contribution in [3.8, 4) is 0 Å². The Morgan fingerprint density at radius 2 is 1.13 bits per heavy atom. The highest BCUT2D eigenvalue weighted by Crippen LogP contribution is 2.30. The number of aryl methyl sites for hydroxylation is 2. The minimum Gasteiger partial charge on any atom is -0.326 e. The summed E-state index contributed by atoms with van der Waals surface area (Å²) in [5.74, 6) is 0. The molecule has 0 saturated heterocycles. The first-order valence-electron chi connectivity index (χ1n) is 9.60. The lowest BCUT2D eigenvalue weighted by molar-refractivity contribution is 0.236. The van der Waals surface area contributed by atoms with E-state index in [1.54, 1.807) is 22.7 Å². The summed E-state index contributed by atoms with van der Waals surface area (Å²) in [4.78, 5) is 24.0. The topological polar surface area (TPSA) is 66.9 Å². The van der Waals surface area contributed by atoms with Crippen molar-refractivity contribution in [1.82, 2.24) is 20.6 Å². The fraction of sp³-hybridized carbons (Fsp3) is 0.174. The van der Waals surface area contributed by atoms with E-state index in [-0.39, 0.29) is 18.1 Å². The van der Waals surface area contributed by atoms with Crippen molar-refractivity contribution in [2.24, 2.45) is 0 Å². The van der Waals surface area contributed by atoms with Crippen molar-refractivity contribution in [2.75, 3.05) is 0 Å². The predicted octanol–water partition coefficient (Wildman–Crippen LogP) is 5.39. The molecule has 0 spiro atoms. The molecule has 2 aromatic carbocycles. The number of nitrogens with one attached hydrogen (secondary N) is 2. The Labute approximate surface area is 183 Å². The Morgan fingerprint density at radius 1 is 0.733 bits per heavy atom. The molecule has 2 atom stereocenters. The van der Waals surface area contributed by atoms with Gasteiger partial charge >= 0.3 is 6.03 Å². The fourth-order valence-corrected chi connectivity index (χ4v) is 5.13. The molecular weight excluding hydrogens is 412 g/mol. The summed E-state index contributed by atoms with van der Waals surface area (Å²) in [7, 11) is 0. The van der Waals surface area contributed by atoms with Crippen LogP contribution in [0.15, 0.2) is 71.7 Å². The molecule has 2 aromatic heterocycles. The zero-order chi connectivity index (χ0) is 20.9. The third kappa shape index (κ3) is 4.42. The number of carbonyl (C=O) groups excluding carboxylic acids is 1. The van der Waals surface area contributed by atoms with E-state index in [2.05, 4.69) is 20.6 Å². The van der Waals surface area contributed by atoms with E-state index in [0.717, 1.165) is 32.3 Å². The second-order valence-corrected chi connectivity index (χ2v) is 8.68. The second kappa shape index (κ2) is 9.19. The van der Waals surface area contributed by atoms with Crippen molar-refractivity contribution in [2.45, 2.75) is 25.9 Å². The molecule has 0 fully saturated rings. The Hall–Kier alpha value is -3.03. The molecule has 4 aromatic rings. The monoisotopic (exact) mass is 434 g/mol. The highest BCUT2D eigenvalue weighted by atomic mass is 32.1. The highest BCUT2D eigenvalue weighted by molar-refractivity contribution is 7.10. The smallest absolute Gasteiger partial charge is 0.316 e. The van der Waals surface area contributed by atoms with Crippen LogP contribution in [-0.4, -0.2) is 16.0 Å². The number of hydrogen-bond donors (Lipinski definition) is 2. The lowest BCUT2D eigenvalue weighted by Crippen LogP contribution is -2.40. The molecule has 0 saturated carbocycles. The Morgan fingerprint density at radius 3 is 1.47 bits per heavy atom. The van der Waals surface area contributed by atoms with Gasteiger partial charge in [0.15, 0.2) is 0 Å². The van der Waals surface area contributed by atoms with Crippen LogP contribution in [0.5, 0.6) is 0 Å². The summed E-state index contributed by atoms with van der Waals surface area (Å²) in [5.41, 5.74) is 7.51. The van der Waals surface area contributed by atoms with E-state index in [1.807, 2.05) is 85.5 Å². The number of rotatable bonds is 6. The number of urea groups is 1. The summed E-state index contributed by atoms with van der Waals surface area (Å²) in [6, 6.07) is 19.2. The Kier molecular flexibility index (Phi) is 6.21. The standard InChI is InChI=1S/C23H22N4OS2/c1-15-21(29-13-24-15)19(17-9-5-3-6-10-17)26-23(28)27-20(18-11-7-4-8-12-18)22-16(2)25-14-30-22/h3-14,19-20H,1-2H3,(H2,26,27,28). The average Bonchev–Trinajstić information content (AvgIpc) is 3.39. The van der Waals surface area contributed by atoms with E-state index in [0.29, 0.717) is 0 Å². The van der Waals surface area contributed by atoms with Gasteiger partial charge in [0.05, 0.1) is 44.2 Å². The summed E-state index contributed by atoms with van der Waals surface area (Å²) in [5, 5.41) is 6.33. The molecule has 0 aliphatic carbocycles. The first-order chi connectivity index (χ1) is 14.6. The largest absolute Gasteiger partial charge is 0.326 e. The van der Waals surface area contributed by atoms with E-state index in [1.165, 1.54) is 0 Å². The van der Waals surface area contributed by atoms with E-state index < -0.39 is 0 Å². The van der Waals surface area contributed by atoms with Gasteiger partial charge in [0, 0.05) is 0 Å². The summed E-state index contributed by atoms with van der Waals surface area (Å²) in [6.45, 7) is 3.93. The van der Waals surface area contributed by atoms with Crippen molar-refractivity contribution in [1.29, 1.82) is 0 Å². The van der Waals surface area contributed by atoms with Crippen LogP contribution < -0.4 is 10.6 Å². The zero-order valence-corrected chi connectivity index (χ0v) is 18.3. The maximum atomic E-state index is 13.2. The molecule has 0 aliphatic heterocycles. The van der Waals surface area contributed by atoms with Crippen molar-refractivity contribution >= 4 is 28.7 Å². The molecule has 0 bridgehead atoms. The van der Waals surface area contributed by atoms with Crippen LogP contribution >= 0.6 is 22.7 Å². The minimum absolute atomic E-state index is 0.238. The van der Waals surface area contributed by atoms with Gasteiger partial charge in [-0.25, -0.2) is 14.8 Å². The van der Waals surface area contributed by atoms with Gasteiger partial charge < -0.3 is 10.6 Å². The molecule has 7 heteroatoms. The first kappa shape index (κ1) is 20.3. The van der Waals surface area contributed by atoms with Gasteiger partial charge in [-0.2, -0.15) is 0 Å². The van der Waals surface area contributed by atoms with Crippen LogP contribution in [0.25, 0.3) is 0 Å². The maximum absolute atomic E-state index is 13.2. The van der Waals surface area contributed by atoms with Gasteiger partial charge in [0.2, 0.25) is 0 Å². The van der Waals surface area contributed by atoms with Crippen molar-refractivity contribution < 1.29 is 4.79 Å². The van der Waals surface area contributed by atoms with Crippen LogP contribution in [0.1, 0.15) is 44.4 Å². The van der Waals surface area contributed by atoms with Gasteiger partial charge in [-0.15, -0.1) is 22.7 Å². The van der Waals surface area contributed by atoms with Crippen molar-refractivity contribution in [3.63, 3.8) is 0 Å². The third-order valence-corrected chi connectivity index (χ3v) is 6.90. The normalized spacial score (nSPS) is 12.9. The van der Waals surface area contributed by atoms with Crippen molar-refractivity contribution in [3.05, 3.63) is 104 Å². The lowest BCUT2D eigenvalue weighted by atomic mass is 10.0. The maximum Gasteiger partial charge on any atom is 0.316 e. The molecule has 2 N–H and O–H groups in total. The molecule has 0 aliphatic rings. The van der Waals surface area contributed by atoms with Gasteiger partial charge in [-0.1, -0.05) is 60.7 Å². The summed E-state index contributed by atoms with van der Waals surface area (Å²) >= 11 is 3.10. The molecule has 152 valence electrons. The molecule has 4 rings (SSSR count). The van der Waals surface area contributed by atoms with E-state index in [9.17, 15) is 4.79 Å². The van der Waals surface area contributed by atoms with E-state index in [4.69, 9.17) is 0 Å². The molecule has 2 heterocycles. The Bertz CT molecular complexity index is 1020. The van der Waals surface area contributed by atoms with Crippen LogP contribution in [0, 0.1) is 13.8 Å². The number of thiazole rings is 2. The summed E-state index contributed by atoms with van der Waals surface area (Å²) in [6.07, 6.45) is 0. The third-order valence-electron chi connectivity index (χ3n) is 4.91. The quantitative estimate of drug-likeness (QED) is 0.427. The lowest BCUT2D eigenvalue weighted by Gasteiger charge is -2.23. The second-order valence-electron chi connectivity index (χ2n) is 6.91. The van der Waals surface area contributed by atoms with Crippen LogP contribution in [0.4, 0.5) is 4.79 Å². The number of aromatic nitrogens is 2. The fourth-order valence-electron chi connectivity index (χ4n) is 3.37. The number of amides is 2. The van der Waals surface area contributed by atoms with Crippen LogP contribution in [-0.2, 0) is 0 Å². The molecule has 5 nitrogen and oxygen atoms in total. The first-order valence-corrected chi connectivity index (χ1v) is 11.4. The van der Waals surface area contributed by atoms with Gasteiger partial charge in [-0.3, -0.25) is 0 Å². The molecule has 30 heavy (non-hydrogen) atoms. The average molecular weight is 435 g/mol. The number of carbonyl (C=O) groups is 1. The Balaban J connectivity index is 1.62. The number of benzene rings is 2. The highest BCUT2D eigenvalue weighted by Gasteiger charge is 2.24. The molecular formula is C23H22N4OS2. The molecule has 2 amide bonds. The van der Waals surface area contributed by atoms with E-state index >= 15 is 0 Å². The van der Waals surface area contributed by atoms with Crippen LogP contribution in [0.3, 0.4) is 0 Å². The van der Waals surface area contributed by atoms with Crippen LogP contribution in [0.2, 0.25) is 0 Å². The SMILES string of the molecule is Cc1ncsc1C(NC(=O)NC(c1ccccc1)c1scnc1C)c1ccccc1. The van der Waals surface area contributed by atoms with Gasteiger partial charge in [0.1, 0.15) is 0 Å². The summed E-state index contributed by atoms with van der Waals surface area (Å²) < 4.78 is 0. The number of hydrogen-bond acceptors (Lipinski definition) is 5. The zero-order valence-electron chi connectivity index (χ0n) is 16.7. The molecule has 2 unspecified atom stereocenters. The van der Waals surface area contributed by atoms with Gasteiger partial charge in [0.25, 0.3) is 0 Å². The van der Waals surface area contributed by atoms with Gasteiger partial charge in [-0.05, 0) is 25.0 Å².